The second-order valence-corrected chi connectivity index (χ2v) is 15.3. The van der Waals surface area contributed by atoms with Gasteiger partial charge in [-0.05, 0) is 92.7 Å². The summed E-state index contributed by atoms with van der Waals surface area (Å²) in [6.45, 7) is 0. The van der Waals surface area contributed by atoms with Gasteiger partial charge in [0, 0.05) is 33.3 Å². The highest BCUT2D eigenvalue weighted by Crippen LogP contribution is 2.46. The predicted molar refractivity (Wildman–Crippen MR) is 255 cm³/mol. The second-order valence-electron chi connectivity index (χ2n) is 15.3. The fourth-order valence-corrected chi connectivity index (χ4v) is 9.08. The first-order valence-electron chi connectivity index (χ1n) is 20.6. The standard InChI is InChI=1S/C58H40N2/c1-3-18-41(19-4-1)45-24-15-25-47(40-45)59(46-38-36-44(37-39-46)49-30-16-23-42-22-7-8-26-48(42)49)55-33-13-10-28-51(55)52-31-17-35-57-58(52)53-29-11-14-34-56(53)60(57)54-32-12-9-27-50(54)43-20-5-2-6-21-43/h1-40H. The average molecular weight is 765 g/mol. The van der Waals surface area contributed by atoms with Gasteiger partial charge in [-0.25, -0.2) is 0 Å². The molecule has 0 saturated heterocycles. The number of rotatable bonds is 8. The maximum absolute atomic E-state index is 2.45. The Hall–Kier alpha value is -7.94. The van der Waals surface area contributed by atoms with E-state index in [1.165, 1.54) is 71.5 Å². The number of fused-ring (bicyclic) bond motifs is 4. The minimum absolute atomic E-state index is 1.09. The SMILES string of the molecule is c1ccc(-c2cccc(N(c3ccc(-c4cccc5ccccc45)cc3)c3ccccc3-c3cccc4c3c3ccccc3n4-c3ccccc3-c3ccccc3)c2)cc1. The maximum atomic E-state index is 2.45. The number of benzene rings is 10. The first kappa shape index (κ1) is 35.2. The molecule has 0 N–H and O–H groups in total. The molecule has 2 heteroatoms. The fourth-order valence-electron chi connectivity index (χ4n) is 9.08. The Kier molecular flexibility index (Phi) is 8.87. The van der Waals surface area contributed by atoms with E-state index in [0.717, 1.165) is 28.3 Å². The third kappa shape index (κ3) is 6.14. The van der Waals surface area contributed by atoms with E-state index in [0.29, 0.717) is 0 Å². The zero-order valence-electron chi connectivity index (χ0n) is 33.0. The highest BCUT2D eigenvalue weighted by atomic mass is 15.1. The summed E-state index contributed by atoms with van der Waals surface area (Å²) < 4.78 is 2.45. The molecule has 0 bridgehead atoms. The highest BCUT2D eigenvalue weighted by molar-refractivity contribution is 6.17. The molecule has 10 aromatic carbocycles. The molecule has 0 aliphatic rings. The van der Waals surface area contributed by atoms with Gasteiger partial charge in [0.25, 0.3) is 0 Å². The van der Waals surface area contributed by atoms with E-state index < -0.39 is 0 Å². The Labute approximate surface area is 350 Å². The molecule has 0 saturated carbocycles. The summed E-state index contributed by atoms with van der Waals surface area (Å²) in [6, 6.07) is 87.9. The minimum atomic E-state index is 1.09. The van der Waals surface area contributed by atoms with Crippen LogP contribution in [0.4, 0.5) is 17.1 Å². The molecule has 2 nitrogen and oxygen atoms in total. The third-order valence-electron chi connectivity index (χ3n) is 11.8. The smallest absolute Gasteiger partial charge is 0.0547 e. The van der Waals surface area contributed by atoms with Crippen molar-refractivity contribution in [2.24, 2.45) is 0 Å². The molecule has 282 valence electrons. The van der Waals surface area contributed by atoms with Crippen molar-refractivity contribution in [2.45, 2.75) is 0 Å². The molecule has 1 aromatic heterocycles. The van der Waals surface area contributed by atoms with Gasteiger partial charge in [0.2, 0.25) is 0 Å². The summed E-state index contributed by atoms with van der Waals surface area (Å²) in [6.07, 6.45) is 0. The molecule has 11 rings (SSSR count). The van der Waals surface area contributed by atoms with Gasteiger partial charge < -0.3 is 9.47 Å². The molecule has 1 heterocycles. The van der Waals surface area contributed by atoms with Crippen molar-refractivity contribution in [3.05, 3.63) is 243 Å². The lowest BCUT2D eigenvalue weighted by Gasteiger charge is -2.29. The van der Waals surface area contributed by atoms with E-state index in [4.69, 9.17) is 0 Å². The summed E-state index contributed by atoms with van der Waals surface area (Å²) in [5.41, 5.74) is 16.3. The van der Waals surface area contributed by atoms with Crippen LogP contribution in [0.15, 0.2) is 243 Å². The van der Waals surface area contributed by atoms with E-state index in [1.54, 1.807) is 0 Å². The van der Waals surface area contributed by atoms with Crippen LogP contribution < -0.4 is 4.90 Å². The van der Waals surface area contributed by atoms with Crippen LogP contribution in [-0.4, -0.2) is 4.57 Å². The Bertz CT molecular complexity index is 3300. The van der Waals surface area contributed by atoms with Crippen molar-refractivity contribution in [1.29, 1.82) is 0 Å². The van der Waals surface area contributed by atoms with Gasteiger partial charge in [-0.3, -0.25) is 0 Å². The van der Waals surface area contributed by atoms with Crippen LogP contribution in [0.2, 0.25) is 0 Å². The zero-order chi connectivity index (χ0) is 39.8. The van der Waals surface area contributed by atoms with Gasteiger partial charge in [-0.1, -0.05) is 194 Å². The van der Waals surface area contributed by atoms with E-state index in [9.17, 15) is 0 Å². The fraction of sp³-hybridized carbons (Fsp3) is 0. The van der Waals surface area contributed by atoms with Crippen LogP contribution in [0.25, 0.3) is 82.8 Å². The number of aromatic nitrogens is 1. The Morgan fingerprint density at radius 1 is 0.300 bits per heavy atom. The Morgan fingerprint density at radius 2 is 0.850 bits per heavy atom. The molecule has 0 radical (unpaired) electrons. The molecule has 0 amide bonds. The van der Waals surface area contributed by atoms with Crippen molar-refractivity contribution in [3.63, 3.8) is 0 Å². The van der Waals surface area contributed by atoms with Crippen LogP contribution in [0.1, 0.15) is 0 Å². The lowest BCUT2D eigenvalue weighted by atomic mass is 9.96. The number of hydrogen-bond donors (Lipinski definition) is 0. The van der Waals surface area contributed by atoms with Crippen molar-refractivity contribution in [1.82, 2.24) is 4.57 Å². The van der Waals surface area contributed by atoms with Crippen molar-refractivity contribution in [2.75, 3.05) is 4.90 Å². The molecular formula is C58H40N2. The van der Waals surface area contributed by atoms with Gasteiger partial charge in [-0.2, -0.15) is 0 Å². The lowest BCUT2D eigenvalue weighted by molar-refractivity contribution is 1.18. The number of para-hydroxylation sites is 3. The van der Waals surface area contributed by atoms with Crippen LogP contribution in [0.3, 0.4) is 0 Å². The minimum Gasteiger partial charge on any atom is -0.310 e. The highest BCUT2D eigenvalue weighted by Gasteiger charge is 2.22. The Morgan fingerprint density at radius 3 is 1.68 bits per heavy atom. The summed E-state index contributed by atoms with van der Waals surface area (Å²) in [4.78, 5) is 2.43. The molecule has 11 aromatic rings. The number of nitrogens with zero attached hydrogens (tertiary/aromatic N) is 2. The van der Waals surface area contributed by atoms with E-state index in [2.05, 4.69) is 252 Å². The van der Waals surface area contributed by atoms with Crippen LogP contribution in [0.5, 0.6) is 0 Å². The maximum Gasteiger partial charge on any atom is 0.0547 e. The third-order valence-corrected chi connectivity index (χ3v) is 11.8. The number of hydrogen-bond acceptors (Lipinski definition) is 1. The zero-order valence-corrected chi connectivity index (χ0v) is 33.0. The molecule has 0 fully saturated rings. The van der Waals surface area contributed by atoms with Crippen LogP contribution in [0, 0.1) is 0 Å². The van der Waals surface area contributed by atoms with Gasteiger partial charge in [0.15, 0.2) is 0 Å². The molecule has 0 aliphatic carbocycles. The van der Waals surface area contributed by atoms with Crippen molar-refractivity contribution >= 4 is 49.6 Å². The van der Waals surface area contributed by atoms with Crippen molar-refractivity contribution < 1.29 is 0 Å². The second kappa shape index (κ2) is 15.1. The van der Waals surface area contributed by atoms with Crippen LogP contribution in [-0.2, 0) is 0 Å². The summed E-state index contributed by atoms with van der Waals surface area (Å²) in [5, 5.41) is 4.95. The molecular weight excluding hydrogens is 725 g/mol. The molecule has 0 atom stereocenters. The molecule has 0 unspecified atom stereocenters. The average Bonchev–Trinajstić information content (AvgIpc) is 3.67. The first-order chi connectivity index (χ1) is 29.8. The van der Waals surface area contributed by atoms with Crippen molar-refractivity contribution in [3.8, 4) is 50.2 Å². The first-order valence-corrected chi connectivity index (χ1v) is 20.6. The summed E-state index contributed by atoms with van der Waals surface area (Å²) >= 11 is 0. The number of anilines is 3. The Balaban J connectivity index is 1.13. The van der Waals surface area contributed by atoms with Gasteiger partial charge in [0.05, 0.1) is 22.4 Å². The van der Waals surface area contributed by atoms with E-state index >= 15 is 0 Å². The monoisotopic (exact) mass is 764 g/mol. The molecule has 0 aliphatic heterocycles. The topological polar surface area (TPSA) is 8.17 Å². The van der Waals surface area contributed by atoms with Gasteiger partial charge >= 0.3 is 0 Å². The molecule has 0 spiro atoms. The van der Waals surface area contributed by atoms with Crippen LogP contribution >= 0.6 is 0 Å². The molecule has 60 heavy (non-hydrogen) atoms. The van der Waals surface area contributed by atoms with Gasteiger partial charge in [-0.15, -0.1) is 0 Å². The largest absolute Gasteiger partial charge is 0.310 e. The van der Waals surface area contributed by atoms with E-state index in [1.807, 2.05) is 0 Å². The van der Waals surface area contributed by atoms with E-state index in [-0.39, 0.29) is 0 Å². The van der Waals surface area contributed by atoms with Gasteiger partial charge in [0.1, 0.15) is 0 Å². The predicted octanol–water partition coefficient (Wildman–Crippen LogP) is 16.1. The summed E-state index contributed by atoms with van der Waals surface area (Å²) in [5.74, 6) is 0. The summed E-state index contributed by atoms with van der Waals surface area (Å²) in [7, 11) is 0. The quantitative estimate of drug-likeness (QED) is 0.150. The lowest BCUT2D eigenvalue weighted by Crippen LogP contribution is -2.11. The normalized spacial score (nSPS) is 11.3.